The Morgan fingerprint density at radius 3 is 2.57 bits per heavy atom. The van der Waals surface area contributed by atoms with Crippen LogP contribution in [-0.2, 0) is 9.59 Å². The highest BCUT2D eigenvalue weighted by Gasteiger charge is 2.52. The third kappa shape index (κ3) is 1.23. The van der Waals surface area contributed by atoms with Crippen LogP contribution in [-0.4, -0.2) is 11.6 Å². The molecule has 0 heterocycles. The Labute approximate surface area is 85.1 Å². The van der Waals surface area contributed by atoms with Gasteiger partial charge in [-0.2, -0.15) is 0 Å². The number of carbonyl (C=O) groups is 2. The molecule has 2 saturated carbocycles. The van der Waals surface area contributed by atoms with Crippen molar-refractivity contribution in [2.75, 3.05) is 0 Å². The first-order valence-corrected chi connectivity index (χ1v) is 5.60. The van der Waals surface area contributed by atoms with Crippen molar-refractivity contribution < 1.29 is 9.59 Å². The molecule has 0 aliphatic heterocycles. The lowest BCUT2D eigenvalue weighted by molar-refractivity contribution is -0.127. The molecule has 3 atom stereocenters. The van der Waals surface area contributed by atoms with Crippen LogP contribution in [0.2, 0.25) is 0 Å². The van der Waals surface area contributed by atoms with E-state index >= 15 is 0 Å². The minimum atomic E-state index is -0.101. The first kappa shape index (κ1) is 9.88. The highest BCUT2D eigenvalue weighted by Crippen LogP contribution is 2.53. The molecular formula is C12H18O2. The van der Waals surface area contributed by atoms with Crippen LogP contribution in [0.3, 0.4) is 0 Å². The van der Waals surface area contributed by atoms with Crippen molar-refractivity contribution in [3.8, 4) is 0 Å². The fourth-order valence-corrected chi connectivity index (χ4v) is 3.27. The summed E-state index contributed by atoms with van der Waals surface area (Å²) in [6.07, 6.45) is 4.50. The van der Waals surface area contributed by atoms with Crippen molar-refractivity contribution in [1.29, 1.82) is 0 Å². The van der Waals surface area contributed by atoms with Gasteiger partial charge in [0.1, 0.15) is 11.6 Å². The highest BCUT2D eigenvalue weighted by molar-refractivity contribution is 5.89. The second kappa shape index (κ2) is 3.18. The largest absolute Gasteiger partial charge is 0.300 e. The highest BCUT2D eigenvalue weighted by atomic mass is 16.1. The molecule has 2 aliphatic rings. The van der Waals surface area contributed by atoms with Crippen LogP contribution in [0.4, 0.5) is 0 Å². The van der Waals surface area contributed by atoms with Crippen molar-refractivity contribution in [1.82, 2.24) is 0 Å². The molecule has 3 unspecified atom stereocenters. The molecule has 0 aromatic heterocycles. The molecule has 0 aromatic carbocycles. The molecule has 2 aliphatic carbocycles. The fraction of sp³-hybridized carbons (Fsp3) is 0.833. The van der Waals surface area contributed by atoms with Gasteiger partial charge < -0.3 is 0 Å². The fourth-order valence-electron chi connectivity index (χ4n) is 3.27. The first-order chi connectivity index (χ1) is 6.56. The Balaban J connectivity index is 2.19. The number of ketones is 2. The number of Topliss-reactive ketones (excluding diaryl/α,β-unsaturated/α-hetero) is 2. The van der Waals surface area contributed by atoms with Gasteiger partial charge in [0, 0.05) is 17.8 Å². The van der Waals surface area contributed by atoms with E-state index in [9.17, 15) is 9.59 Å². The molecule has 2 fully saturated rings. The molecule has 14 heavy (non-hydrogen) atoms. The molecule has 0 saturated heterocycles. The summed E-state index contributed by atoms with van der Waals surface area (Å²) in [5, 5.41) is 0. The maximum atomic E-state index is 11.9. The molecule has 0 amide bonds. The van der Waals surface area contributed by atoms with Crippen LogP contribution in [0.25, 0.3) is 0 Å². The Hall–Kier alpha value is -0.660. The molecule has 78 valence electrons. The minimum absolute atomic E-state index is 0.101. The molecule has 0 radical (unpaired) electrons. The van der Waals surface area contributed by atoms with E-state index in [4.69, 9.17) is 0 Å². The van der Waals surface area contributed by atoms with Gasteiger partial charge in [-0.1, -0.05) is 6.92 Å². The van der Waals surface area contributed by atoms with Crippen molar-refractivity contribution in [2.45, 2.75) is 46.0 Å². The van der Waals surface area contributed by atoms with Crippen LogP contribution in [0.15, 0.2) is 0 Å². The molecule has 2 rings (SSSR count). The second-order valence-electron chi connectivity index (χ2n) is 5.07. The summed E-state index contributed by atoms with van der Waals surface area (Å²) >= 11 is 0. The van der Waals surface area contributed by atoms with Gasteiger partial charge in [-0.3, -0.25) is 9.59 Å². The van der Waals surface area contributed by atoms with Gasteiger partial charge in [-0.15, -0.1) is 0 Å². The normalized spacial score (nSPS) is 42.3. The van der Waals surface area contributed by atoms with Crippen molar-refractivity contribution in [3.05, 3.63) is 0 Å². The van der Waals surface area contributed by atoms with E-state index in [1.54, 1.807) is 6.92 Å². The standard InChI is InChI=1S/C12H18O2/c1-8-3-4-11(14)12(8)6-5-10(7-12)9(2)13/h8,10H,3-7H2,1-2H3. The average Bonchev–Trinajstić information content (AvgIpc) is 2.68. The summed E-state index contributed by atoms with van der Waals surface area (Å²) in [5.41, 5.74) is -0.101. The van der Waals surface area contributed by atoms with Crippen molar-refractivity contribution in [3.63, 3.8) is 0 Å². The van der Waals surface area contributed by atoms with E-state index in [0.717, 1.165) is 32.1 Å². The van der Waals surface area contributed by atoms with Gasteiger partial charge in [0.05, 0.1) is 0 Å². The smallest absolute Gasteiger partial charge is 0.139 e. The predicted molar refractivity (Wildman–Crippen MR) is 53.9 cm³/mol. The zero-order valence-electron chi connectivity index (χ0n) is 9.01. The maximum Gasteiger partial charge on any atom is 0.139 e. The Kier molecular flexibility index (Phi) is 2.24. The molecule has 0 bridgehead atoms. The summed E-state index contributed by atoms with van der Waals surface area (Å²) in [7, 11) is 0. The summed E-state index contributed by atoms with van der Waals surface area (Å²) < 4.78 is 0. The lowest BCUT2D eigenvalue weighted by Crippen LogP contribution is -2.28. The topological polar surface area (TPSA) is 34.1 Å². The van der Waals surface area contributed by atoms with Crippen LogP contribution >= 0.6 is 0 Å². The Morgan fingerprint density at radius 2 is 2.14 bits per heavy atom. The van der Waals surface area contributed by atoms with Crippen molar-refractivity contribution in [2.24, 2.45) is 17.3 Å². The summed E-state index contributed by atoms with van der Waals surface area (Å²) in [5.74, 6) is 1.36. The molecule has 2 nitrogen and oxygen atoms in total. The maximum absolute atomic E-state index is 11.9. The number of rotatable bonds is 1. The van der Waals surface area contributed by atoms with Gasteiger partial charge in [-0.25, -0.2) is 0 Å². The second-order valence-corrected chi connectivity index (χ2v) is 5.07. The van der Waals surface area contributed by atoms with E-state index in [1.807, 2.05) is 0 Å². The third-order valence-electron chi connectivity index (χ3n) is 4.43. The lowest BCUT2D eigenvalue weighted by Gasteiger charge is -2.26. The first-order valence-electron chi connectivity index (χ1n) is 5.60. The van der Waals surface area contributed by atoms with Gasteiger partial charge in [0.15, 0.2) is 0 Å². The monoisotopic (exact) mass is 194 g/mol. The zero-order valence-corrected chi connectivity index (χ0v) is 9.01. The van der Waals surface area contributed by atoms with Gasteiger partial charge >= 0.3 is 0 Å². The van der Waals surface area contributed by atoms with Gasteiger partial charge in [0.25, 0.3) is 0 Å². The lowest BCUT2D eigenvalue weighted by atomic mass is 9.76. The minimum Gasteiger partial charge on any atom is -0.300 e. The average molecular weight is 194 g/mol. The molecule has 2 heteroatoms. The molecule has 0 N–H and O–H groups in total. The van der Waals surface area contributed by atoms with Crippen molar-refractivity contribution >= 4 is 11.6 Å². The quantitative estimate of drug-likeness (QED) is 0.642. The number of hydrogen-bond acceptors (Lipinski definition) is 2. The van der Waals surface area contributed by atoms with Crippen LogP contribution in [0.5, 0.6) is 0 Å². The summed E-state index contributed by atoms with van der Waals surface area (Å²) in [4.78, 5) is 23.2. The summed E-state index contributed by atoms with van der Waals surface area (Å²) in [6, 6.07) is 0. The number of hydrogen-bond donors (Lipinski definition) is 0. The van der Waals surface area contributed by atoms with Crippen LogP contribution < -0.4 is 0 Å². The van der Waals surface area contributed by atoms with E-state index < -0.39 is 0 Å². The third-order valence-corrected chi connectivity index (χ3v) is 4.43. The van der Waals surface area contributed by atoms with Gasteiger partial charge in [0.2, 0.25) is 0 Å². The van der Waals surface area contributed by atoms with E-state index in [-0.39, 0.29) is 17.1 Å². The summed E-state index contributed by atoms with van der Waals surface area (Å²) in [6.45, 7) is 3.83. The SMILES string of the molecule is CC(=O)C1CCC2(C1)C(=O)CCC2C. The van der Waals surface area contributed by atoms with Crippen LogP contribution in [0, 0.1) is 17.3 Å². The predicted octanol–water partition coefficient (Wildman–Crippen LogP) is 2.36. The Morgan fingerprint density at radius 1 is 1.43 bits per heavy atom. The Bertz CT molecular complexity index is 282. The number of carbonyl (C=O) groups excluding carboxylic acids is 2. The van der Waals surface area contributed by atoms with Gasteiger partial charge in [-0.05, 0) is 38.5 Å². The molecule has 0 aromatic rings. The molecule has 1 spiro atoms. The molecular weight excluding hydrogens is 176 g/mol. The zero-order chi connectivity index (χ0) is 10.3. The van der Waals surface area contributed by atoms with Crippen LogP contribution in [0.1, 0.15) is 46.0 Å². The van der Waals surface area contributed by atoms with E-state index in [1.165, 1.54) is 0 Å². The van der Waals surface area contributed by atoms with E-state index in [0.29, 0.717) is 11.7 Å². The van der Waals surface area contributed by atoms with E-state index in [2.05, 4.69) is 6.92 Å².